The molecule has 4 rings (SSSR count). The Balaban J connectivity index is 1.59. The first kappa shape index (κ1) is 23.1. The average molecular weight is 577 g/mol. The van der Waals surface area contributed by atoms with E-state index in [2.05, 4.69) is 15.3 Å². The number of benzene rings is 2. The summed E-state index contributed by atoms with van der Waals surface area (Å²) in [5.74, 6) is -1.81. The van der Waals surface area contributed by atoms with Crippen LogP contribution in [0.4, 0.5) is 20.3 Å². The molecule has 0 aliphatic heterocycles. The van der Waals surface area contributed by atoms with E-state index in [1.807, 2.05) is 22.6 Å². The highest BCUT2D eigenvalue weighted by Crippen LogP contribution is 2.31. The molecular formula is C22H14F2IN5O4. The van der Waals surface area contributed by atoms with Gasteiger partial charge in [0.1, 0.15) is 22.9 Å². The van der Waals surface area contributed by atoms with Gasteiger partial charge in [0.05, 0.1) is 9.26 Å². The first-order chi connectivity index (χ1) is 16.2. The number of anilines is 2. The molecule has 0 saturated heterocycles. The lowest BCUT2D eigenvalue weighted by Gasteiger charge is -2.11. The minimum absolute atomic E-state index is 0.0396. The molecule has 4 N–H and O–H groups in total. The molecule has 0 saturated carbocycles. The second-order valence-corrected chi connectivity index (χ2v) is 7.91. The van der Waals surface area contributed by atoms with Crippen molar-refractivity contribution in [2.24, 2.45) is 0 Å². The summed E-state index contributed by atoms with van der Waals surface area (Å²) in [5.41, 5.74) is 3.67. The van der Waals surface area contributed by atoms with Crippen LogP contribution in [0.1, 0.15) is 10.4 Å². The molecule has 2 heterocycles. The Bertz CT molecular complexity index is 1520. The Kier molecular flexibility index (Phi) is 6.40. The van der Waals surface area contributed by atoms with Crippen LogP contribution in [0, 0.1) is 15.2 Å². The first-order valence-corrected chi connectivity index (χ1v) is 10.6. The van der Waals surface area contributed by atoms with Crippen molar-refractivity contribution in [2.45, 2.75) is 0 Å². The molecule has 1 amide bonds. The van der Waals surface area contributed by atoms with Crippen molar-refractivity contribution in [2.75, 3.05) is 11.1 Å². The molecule has 4 aromatic rings. The Labute approximate surface area is 203 Å². The number of halogens is 3. The predicted molar refractivity (Wildman–Crippen MR) is 128 cm³/mol. The Morgan fingerprint density at radius 3 is 2.53 bits per heavy atom. The maximum atomic E-state index is 14.6. The molecule has 0 fully saturated rings. The molecule has 0 spiro atoms. The molecule has 0 unspecified atom stereocenters. The first-order valence-electron chi connectivity index (χ1n) is 9.54. The van der Waals surface area contributed by atoms with Crippen LogP contribution in [-0.4, -0.2) is 20.4 Å². The topological polar surface area (TPSA) is 132 Å². The van der Waals surface area contributed by atoms with Crippen molar-refractivity contribution in [1.29, 1.82) is 0 Å². The van der Waals surface area contributed by atoms with Crippen molar-refractivity contribution in [1.82, 2.24) is 14.5 Å². The Morgan fingerprint density at radius 2 is 1.82 bits per heavy atom. The highest BCUT2D eigenvalue weighted by atomic mass is 127. The molecule has 12 heteroatoms. The number of pyridine rings is 1. The average Bonchev–Trinajstić information content (AvgIpc) is 2.80. The number of carbonyl (C=O) groups is 1. The van der Waals surface area contributed by atoms with Gasteiger partial charge >= 0.3 is 5.69 Å². The zero-order valence-electron chi connectivity index (χ0n) is 17.0. The largest absolute Gasteiger partial charge is 0.453 e. The highest BCUT2D eigenvalue weighted by molar-refractivity contribution is 14.1. The molecule has 0 radical (unpaired) electrons. The fourth-order valence-corrected chi connectivity index (χ4v) is 3.39. The van der Waals surface area contributed by atoms with E-state index in [9.17, 15) is 23.2 Å². The number of nitrogen functional groups attached to an aromatic ring is 1. The van der Waals surface area contributed by atoms with Gasteiger partial charge in [0.25, 0.3) is 11.5 Å². The van der Waals surface area contributed by atoms with Crippen LogP contribution in [0.3, 0.4) is 0 Å². The second kappa shape index (κ2) is 9.43. The van der Waals surface area contributed by atoms with Crippen molar-refractivity contribution in [3.05, 3.63) is 103 Å². The molecule has 34 heavy (non-hydrogen) atoms. The third-order valence-corrected chi connectivity index (χ3v) is 5.68. The van der Waals surface area contributed by atoms with Gasteiger partial charge in [0.15, 0.2) is 11.6 Å². The molecule has 2 aromatic carbocycles. The number of nitrogens with one attached hydrogen (secondary N) is 2. The minimum Gasteiger partial charge on any atom is -0.453 e. The summed E-state index contributed by atoms with van der Waals surface area (Å²) in [6.45, 7) is 0. The summed E-state index contributed by atoms with van der Waals surface area (Å²) in [6.07, 6.45) is 2.37. The lowest BCUT2D eigenvalue weighted by molar-refractivity contribution is 0.102. The quantitative estimate of drug-likeness (QED) is 0.312. The van der Waals surface area contributed by atoms with Crippen LogP contribution >= 0.6 is 22.6 Å². The third-order valence-electron chi connectivity index (χ3n) is 4.60. The highest BCUT2D eigenvalue weighted by Gasteiger charge is 2.17. The van der Waals surface area contributed by atoms with Crippen molar-refractivity contribution >= 4 is 40.0 Å². The van der Waals surface area contributed by atoms with Gasteiger partial charge in [0.2, 0.25) is 0 Å². The SMILES string of the molecule is Nc1nccc(Oc2ccc(NC(=O)c3c[nH]c(=O)n(-c4ccc(F)cc4)c3=O)cc2F)c1I. The van der Waals surface area contributed by atoms with Crippen molar-refractivity contribution in [3.8, 4) is 17.2 Å². The number of carbonyl (C=O) groups excluding carboxylic acids is 1. The monoisotopic (exact) mass is 577 g/mol. The number of ether oxygens (including phenoxy) is 1. The van der Waals surface area contributed by atoms with E-state index in [1.54, 1.807) is 0 Å². The number of amides is 1. The standard InChI is InChI=1S/C22H14F2IN5O4/c23-11-1-4-13(5-2-11)30-21(32)14(10-28-22(30)33)20(31)29-12-3-6-16(15(24)9-12)34-17-7-8-27-19(26)18(17)25/h1-10H,(H2,26,27)(H,28,33)(H,29,31). The number of aromatic nitrogens is 3. The summed E-state index contributed by atoms with van der Waals surface area (Å²) in [7, 11) is 0. The van der Waals surface area contributed by atoms with E-state index < -0.39 is 34.4 Å². The van der Waals surface area contributed by atoms with Gasteiger partial charge in [-0.25, -0.2) is 23.1 Å². The smallest absolute Gasteiger partial charge is 0.333 e. The summed E-state index contributed by atoms with van der Waals surface area (Å²) < 4.78 is 34.5. The zero-order chi connectivity index (χ0) is 24.4. The normalized spacial score (nSPS) is 10.7. The lowest BCUT2D eigenvalue weighted by atomic mass is 10.2. The van der Waals surface area contributed by atoms with Crippen LogP contribution < -0.4 is 27.0 Å². The van der Waals surface area contributed by atoms with Gasteiger partial charge in [-0.3, -0.25) is 9.59 Å². The van der Waals surface area contributed by atoms with Gasteiger partial charge in [-0.1, -0.05) is 0 Å². The van der Waals surface area contributed by atoms with Gasteiger partial charge < -0.3 is 20.8 Å². The number of nitrogens with zero attached hydrogens (tertiary/aromatic N) is 2. The minimum atomic E-state index is -0.932. The number of rotatable bonds is 5. The van der Waals surface area contributed by atoms with Crippen LogP contribution in [0.5, 0.6) is 11.5 Å². The molecule has 172 valence electrons. The van der Waals surface area contributed by atoms with Crippen LogP contribution in [0.2, 0.25) is 0 Å². The molecule has 0 atom stereocenters. The predicted octanol–water partition coefficient (Wildman–Crippen LogP) is 3.43. The van der Waals surface area contributed by atoms with E-state index in [1.165, 1.54) is 36.5 Å². The molecular weight excluding hydrogens is 563 g/mol. The van der Waals surface area contributed by atoms with E-state index in [-0.39, 0.29) is 22.9 Å². The number of aromatic amines is 1. The Hall–Kier alpha value is -4.07. The lowest BCUT2D eigenvalue weighted by Crippen LogP contribution is -2.38. The number of hydrogen-bond donors (Lipinski definition) is 3. The van der Waals surface area contributed by atoms with Crippen molar-refractivity contribution in [3.63, 3.8) is 0 Å². The fraction of sp³-hybridized carbons (Fsp3) is 0. The maximum absolute atomic E-state index is 14.6. The van der Waals surface area contributed by atoms with E-state index in [4.69, 9.17) is 10.5 Å². The van der Waals surface area contributed by atoms with Gasteiger partial charge in [-0.05, 0) is 59.0 Å². The van der Waals surface area contributed by atoms with Crippen LogP contribution in [-0.2, 0) is 0 Å². The summed E-state index contributed by atoms with van der Waals surface area (Å²) in [4.78, 5) is 43.8. The third kappa shape index (κ3) is 4.66. The summed E-state index contributed by atoms with van der Waals surface area (Å²) in [5, 5.41) is 2.40. The number of H-pyrrole nitrogens is 1. The fourth-order valence-electron chi connectivity index (χ4n) is 2.96. The van der Waals surface area contributed by atoms with Crippen LogP contribution in [0.25, 0.3) is 5.69 Å². The van der Waals surface area contributed by atoms with Gasteiger partial charge in [-0.2, -0.15) is 0 Å². The van der Waals surface area contributed by atoms with Crippen molar-refractivity contribution < 1.29 is 18.3 Å². The van der Waals surface area contributed by atoms with E-state index in [0.717, 1.165) is 24.4 Å². The summed E-state index contributed by atoms with van der Waals surface area (Å²) >= 11 is 1.92. The second-order valence-electron chi connectivity index (χ2n) is 6.83. The number of nitrogens with two attached hydrogens (primary N) is 1. The molecule has 9 nitrogen and oxygen atoms in total. The molecule has 0 aliphatic rings. The summed E-state index contributed by atoms with van der Waals surface area (Å²) in [6, 6.07) is 9.78. The maximum Gasteiger partial charge on any atom is 0.333 e. The van der Waals surface area contributed by atoms with E-state index in [0.29, 0.717) is 13.9 Å². The Morgan fingerprint density at radius 1 is 1.09 bits per heavy atom. The molecule has 0 aliphatic carbocycles. The van der Waals surface area contributed by atoms with Crippen LogP contribution in [0.15, 0.2) is 70.5 Å². The van der Waals surface area contributed by atoms with Gasteiger partial charge in [0, 0.05) is 30.2 Å². The molecule has 2 aromatic heterocycles. The van der Waals surface area contributed by atoms with E-state index >= 15 is 0 Å². The number of hydrogen-bond acceptors (Lipinski definition) is 6. The zero-order valence-corrected chi connectivity index (χ0v) is 19.2. The van der Waals surface area contributed by atoms with Gasteiger partial charge in [-0.15, -0.1) is 0 Å². The molecule has 0 bridgehead atoms.